The molecule has 1 unspecified atom stereocenters. The van der Waals surface area contributed by atoms with E-state index in [1.165, 1.54) is 0 Å². The van der Waals surface area contributed by atoms with E-state index in [4.69, 9.17) is 27.6 Å². The van der Waals surface area contributed by atoms with Gasteiger partial charge in [0.2, 0.25) is 0 Å². The maximum Gasteiger partial charge on any atom is 0.0955 e. The molecular weight excluding hydrogens is 245 g/mol. The Hall–Kier alpha value is -1.12. The molecule has 16 heavy (non-hydrogen) atoms. The largest absolute Gasteiger partial charge is 0.472 e. The van der Waals surface area contributed by atoms with Crippen LogP contribution in [0.3, 0.4) is 0 Å². The van der Waals surface area contributed by atoms with Gasteiger partial charge in [-0.15, -0.1) is 0 Å². The zero-order valence-electron chi connectivity index (χ0n) is 8.71. The van der Waals surface area contributed by atoms with E-state index >= 15 is 0 Å². The molecule has 0 saturated carbocycles. The highest BCUT2D eigenvalue weighted by Crippen LogP contribution is 2.28. The highest BCUT2D eigenvalue weighted by atomic mass is 35.5. The van der Waals surface area contributed by atoms with Crippen LogP contribution < -0.4 is 5.32 Å². The summed E-state index contributed by atoms with van der Waals surface area (Å²) in [5, 5.41) is 4.59. The van der Waals surface area contributed by atoms with Crippen molar-refractivity contribution in [2.75, 3.05) is 5.32 Å². The average molecular weight is 256 g/mol. The summed E-state index contributed by atoms with van der Waals surface area (Å²) in [4.78, 5) is 0. The van der Waals surface area contributed by atoms with Gasteiger partial charge < -0.3 is 9.73 Å². The summed E-state index contributed by atoms with van der Waals surface area (Å²) >= 11 is 12.0. The number of benzene rings is 1. The molecule has 0 aliphatic heterocycles. The normalized spacial score (nSPS) is 12.4. The van der Waals surface area contributed by atoms with Crippen molar-refractivity contribution >= 4 is 28.9 Å². The minimum Gasteiger partial charge on any atom is -0.472 e. The Morgan fingerprint density at radius 1 is 1.25 bits per heavy atom. The van der Waals surface area contributed by atoms with E-state index in [9.17, 15) is 0 Å². The topological polar surface area (TPSA) is 25.2 Å². The predicted molar refractivity (Wildman–Crippen MR) is 67.2 cm³/mol. The van der Waals surface area contributed by atoms with Crippen molar-refractivity contribution in [3.63, 3.8) is 0 Å². The summed E-state index contributed by atoms with van der Waals surface area (Å²) in [6, 6.07) is 7.37. The molecule has 0 aliphatic rings. The van der Waals surface area contributed by atoms with E-state index in [0.717, 1.165) is 11.3 Å². The highest BCUT2D eigenvalue weighted by Gasteiger charge is 2.08. The summed E-state index contributed by atoms with van der Waals surface area (Å²) < 4.78 is 5.03. The molecule has 1 atom stereocenters. The molecule has 2 nitrogen and oxygen atoms in total. The van der Waals surface area contributed by atoms with Gasteiger partial charge in [-0.1, -0.05) is 23.2 Å². The first-order chi connectivity index (χ1) is 7.66. The first kappa shape index (κ1) is 11.4. The Balaban J connectivity index is 2.17. The van der Waals surface area contributed by atoms with Crippen LogP contribution in [0.15, 0.2) is 41.2 Å². The van der Waals surface area contributed by atoms with Gasteiger partial charge in [0, 0.05) is 10.6 Å². The van der Waals surface area contributed by atoms with Gasteiger partial charge in [0.15, 0.2) is 0 Å². The van der Waals surface area contributed by atoms with E-state index in [1.54, 1.807) is 30.7 Å². The van der Waals surface area contributed by atoms with Crippen LogP contribution in [0.25, 0.3) is 0 Å². The highest BCUT2D eigenvalue weighted by molar-refractivity contribution is 6.35. The monoisotopic (exact) mass is 255 g/mol. The Morgan fingerprint density at radius 3 is 2.75 bits per heavy atom. The lowest BCUT2D eigenvalue weighted by molar-refractivity contribution is 0.562. The number of rotatable bonds is 3. The van der Waals surface area contributed by atoms with Crippen molar-refractivity contribution in [2.45, 2.75) is 13.0 Å². The number of nitrogens with one attached hydrogen (secondary N) is 1. The number of hydrogen-bond acceptors (Lipinski definition) is 2. The van der Waals surface area contributed by atoms with Crippen LogP contribution in [0.1, 0.15) is 18.5 Å². The number of anilines is 1. The van der Waals surface area contributed by atoms with Crippen LogP contribution in [0.5, 0.6) is 0 Å². The van der Waals surface area contributed by atoms with Crippen molar-refractivity contribution in [1.29, 1.82) is 0 Å². The molecule has 1 heterocycles. The van der Waals surface area contributed by atoms with Gasteiger partial charge in [-0.2, -0.15) is 0 Å². The van der Waals surface area contributed by atoms with Gasteiger partial charge in [-0.05, 0) is 31.2 Å². The van der Waals surface area contributed by atoms with Crippen LogP contribution in [0.2, 0.25) is 10.0 Å². The van der Waals surface area contributed by atoms with Crippen LogP contribution in [0, 0.1) is 0 Å². The molecular formula is C12H11Cl2NO. The number of furan rings is 1. The van der Waals surface area contributed by atoms with Crippen molar-refractivity contribution < 1.29 is 4.42 Å². The fraction of sp³-hybridized carbons (Fsp3) is 0.167. The Labute approximate surface area is 104 Å². The molecule has 1 aromatic carbocycles. The second kappa shape index (κ2) is 4.81. The number of halogens is 2. The molecule has 2 rings (SSSR count). The van der Waals surface area contributed by atoms with Gasteiger partial charge in [-0.3, -0.25) is 0 Å². The maximum atomic E-state index is 6.06. The summed E-state index contributed by atoms with van der Waals surface area (Å²) in [5.41, 5.74) is 1.89. The third-order valence-corrected chi connectivity index (χ3v) is 2.91. The summed E-state index contributed by atoms with van der Waals surface area (Å²) in [5.74, 6) is 0. The van der Waals surface area contributed by atoms with E-state index in [-0.39, 0.29) is 6.04 Å². The Morgan fingerprint density at radius 2 is 2.06 bits per heavy atom. The molecule has 4 heteroatoms. The maximum absolute atomic E-state index is 6.06. The molecule has 0 aliphatic carbocycles. The van der Waals surface area contributed by atoms with Crippen LogP contribution in [-0.4, -0.2) is 0 Å². The van der Waals surface area contributed by atoms with Crippen molar-refractivity contribution in [1.82, 2.24) is 0 Å². The fourth-order valence-electron chi connectivity index (χ4n) is 1.45. The summed E-state index contributed by atoms with van der Waals surface area (Å²) in [7, 11) is 0. The fourth-order valence-corrected chi connectivity index (χ4v) is 1.79. The predicted octanol–water partition coefficient (Wildman–Crippen LogP) is 4.76. The quantitative estimate of drug-likeness (QED) is 0.856. The molecule has 84 valence electrons. The number of hydrogen-bond donors (Lipinski definition) is 1. The zero-order chi connectivity index (χ0) is 11.5. The second-order valence-electron chi connectivity index (χ2n) is 3.55. The van der Waals surface area contributed by atoms with E-state index < -0.39 is 0 Å². The minimum absolute atomic E-state index is 0.120. The summed E-state index contributed by atoms with van der Waals surface area (Å²) in [6.07, 6.45) is 3.35. The first-order valence-electron chi connectivity index (χ1n) is 4.90. The van der Waals surface area contributed by atoms with Crippen molar-refractivity contribution in [3.8, 4) is 0 Å². The van der Waals surface area contributed by atoms with Crippen LogP contribution in [-0.2, 0) is 0 Å². The van der Waals surface area contributed by atoms with Gasteiger partial charge in [-0.25, -0.2) is 0 Å². The third-order valence-electron chi connectivity index (χ3n) is 2.34. The van der Waals surface area contributed by atoms with Gasteiger partial charge >= 0.3 is 0 Å². The Kier molecular flexibility index (Phi) is 3.42. The Bertz CT molecular complexity index is 468. The molecule has 0 amide bonds. The molecule has 1 N–H and O–H groups in total. The third kappa shape index (κ3) is 2.52. The lowest BCUT2D eigenvalue weighted by Crippen LogP contribution is -2.05. The van der Waals surface area contributed by atoms with E-state index in [1.807, 2.05) is 13.0 Å². The minimum atomic E-state index is 0.120. The van der Waals surface area contributed by atoms with Gasteiger partial charge in [0.25, 0.3) is 0 Å². The average Bonchev–Trinajstić information content (AvgIpc) is 2.76. The summed E-state index contributed by atoms with van der Waals surface area (Å²) in [6.45, 7) is 2.03. The van der Waals surface area contributed by atoms with Crippen LogP contribution in [0.4, 0.5) is 5.69 Å². The molecule has 0 spiro atoms. The van der Waals surface area contributed by atoms with Gasteiger partial charge in [0.1, 0.15) is 0 Å². The zero-order valence-corrected chi connectivity index (χ0v) is 10.2. The molecule has 0 saturated heterocycles. The van der Waals surface area contributed by atoms with Crippen molar-refractivity contribution in [2.24, 2.45) is 0 Å². The lowest BCUT2D eigenvalue weighted by Gasteiger charge is -2.14. The molecule has 0 bridgehead atoms. The molecule has 1 aromatic heterocycles. The first-order valence-corrected chi connectivity index (χ1v) is 5.66. The van der Waals surface area contributed by atoms with Crippen molar-refractivity contribution in [3.05, 3.63) is 52.4 Å². The van der Waals surface area contributed by atoms with Crippen LogP contribution >= 0.6 is 23.2 Å². The molecule has 0 radical (unpaired) electrons. The SMILES string of the molecule is CC(Nc1cc(Cl)ccc1Cl)c1ccoc1. The van der Waals surface area contributed by atoms with E-state index in [2.05, 4.69) is 5.32 Å². The van der Waals surface area contributed by atoms with E-state index in [0.29, 0.717) is 10.0 Å². The standard InChI is InChI=1S/C12H11Cl2NO/c1-8(9-4-5-16-7-9)15-12-6-10(13)2-3-11(12)14/h2-8,15H,1H3. The second-order valence-corrected chi connectivity index (χ2v) is 4.39. The van der Waals surface area contributed by atoms with Gasteiger partial charge in [0.05, 0.1) is 29.3 Å². The lowest BCUT2D eigenvalue weighted by atomic mass is 10.1. The smallest absolute Gasteiger partial charge is 0.0955 e. The molecule has 0 fully saturated rings. The molecule has 2 aromatic rings.